The molecule has 2 aromatic carbocycles. The highest BCUT2D eigenvalue weighted by molar-refractivity contribution is 5.97. The fourth-order valence-corrected chi connectivity index (χ4v) is 2.89. The van der Waals surface area contributed by atoms with Gasteiger partial charge in [-0.05, 0) is 35.9 Å². The van der Waals surface area contributed by atoms with E-state index in [9.17, 15) is 9.59 Å². The maximum atomic E-state index is 12.6. The lowest BCUT2D eigenvalue weighted by Crippen LogP contribution is -2.11. The molecule has 1 aromatic heterocycles. The minimum atomic E-state index is -0.464. The molecule has 0 bridgehead atoms. The Morgan fingerprint density at radius 3 is 2.54 bits per heavy atom. The third-order valence-corrected chi connectivity index (χ3v) is 4.31. The van der Waals surface area contributed by atoms with Gasteiger partial charge < -0.3 is 19.8 Å². The van der Waals surface area contributed by atoms with Crippen molar-refractivity contribution in [1.29, 1.82) is 0 Å². The number of ketones is 1. The second-order valence-electron chi connectivity index (χ2n) is 6.27. The number of imidazole rings is 1. The van der Waals surface area contributed by atoms with Gasteiger partial charge in [0.1, 0.15) is 0 Å². The summed E-state index contributed by atoms with van der Waals surface area (Å²) in [6, 6.07) is 12.2. The second kappa shape index (κ2) is 8.39. The van der Waals surface area contributed by atoms with E-state index in [4.69, 9.17) is 15.2 Å². The molecule has 1 heterocycles. The number of carbonyl (C=O) groups excluding carboxylic acids is 2. The predicted molar refractivity (Wildman–Crippen MR) is 104 cm³/mol. The Morgan fingerprint density at radius 1 is 1.04 bits per heavy atom. The summed E-state index contributed by atoms with van der Waals surface area (Å²) in [5.41, 5.74) is 7.89. The lowest BCUT2D eigenvalue weighted by molar-refractivity contribution is 0.0986. The summed E-state index contributed by atoms with van der Waals surface area (Å²) in [4.78, 5) is 28.2. The van der Waals surface area contributed by atoms with Crippen LogP contribution in [0.25, 0.3) is 0 Å². The Morgan fingerprint density at radius 2 is 1.82 bits per heavy atom. The number of methoxy groups -OCH3 is 2. The minimum Gasteiger partial charge on any atom is -0.493 e. The smallest absolute Gasteiger partial charge is 0.248 e. The molecular weight excluding hydrogens is 358 g/mol. The number of aromatic nitrogens is 2. The molecule has 7 heteroatoms. The largest absolute Gasteiger partial charge is 0.493 e. The van der Waals surface area contributed by atoms with E-state index in [0.717, 1.165) is 5.56 Å². The Kier molecular flexibility index (Phi) is 5.74. The van der Waals surface area contributed by atoms with E-state index in [2.05, 4.69) is 4.98 Å². The molecular formula is C21H21N3O4. The van der Waals surface area contributed by atoms with E-state index in [1.807, 2.05) is 16.8 Å². The van der Waals surface area contributed by atoms with Crippen LogP contribution in [0.15, 0.2) is 55.0 Å². The summed E-state index contributed by atoms with van der Waals surface area (Å²) in [5, 5.41) is 0. The SMILES string of the molecule is COc1ccc(C(=O)Cc2cn(Cc3cccc(C(N)=O)c3)cn2)cc1OC. The predicted octanol–water partition coefficient (Wildman–Crippen LogP) is 2.47. The standard InChI is InChI=1S/C21H21N3O4/c1-27-19-7-6-15(9-20(19)28-2)18(25)10-17-12-24(13-23-17)11-14-4-3-5-16(8-14)21(22)26/h3-9,12-13H,10-11H2,1-2H3,(H2,22,26). The first-order chi connectivity index (χ1) is 13.5. The molecule has 7 nitrogen and oxygen atoms in total. The van der Waals surface area contributed by atoms with Crippen LogP contribution in [0.2, 0.25) is 0 Å². The fourth-order valence-electron chi connectivity index (χ4n) is 2.89. The number of nitrogens with two attached hydrogens (primary N) is 1. The summed E-state index contributed by atoms with van der Waals surface area (Å²) >= 11 is 0. The van der Waals surface area contributed by atoms with Crippen LogP contribution in [-0.2, 0) is 13.0 Å². The van der Waals surface area contributed by atoms with Crippen LogP contribution in [0.5, 0.6) is 11.5 Å². The molecule has 0 saturated carbocycles. The maximum Gasteiger partial charge on any atom is 0.248 e. The lowest BCUT2D eigenvalue weighted by atomic mass is 10.1. The normalized spacial score (nSPS) is 10.5. The number of primary amides is 1. The molecule has 3 rings (SSSR count). The number of amides is 1. The Bertz CT molecular complexity index is 1010. The van der Waals surface area contributed by atoms with E-state index < -0.39 is 5.91 Å². The topological polar surface area (TPSA) is 96.4 Å². The van der Waals surface area contributed by atoms with Crippen molar-refractivity contribution in [3.8, 4) is 11.5 Å². The molecule has 0 aliphatic rings. The molecule has 1 amide bonds. The van der Waals surface area contributed by atoms with Crippen molar-refractivity contribution in [3.05, 3.63) is 77.4 Å². The van der Waals surface area contributed by atoms with Crippen LogP contribution in [0.1, 0.15) is 32.0 Å². The summed E-state index contributed by atoms with van der Waals surface area (Å²) in [5.74, 6) is 0.547. The van der Waals surface area contributed by atoms with Crippen LogP contribution < -0.4 is 15.2 Å². The molecule has 28 heavy (non-hydrogen) atoms. The number of rotatable bonds is 8. The highest BCUT2D eigenvalue weighted by Gasteiger charge is 2.13. The number of benzene rings is 2. The average molecular weight is 379 g/mol. The van der Waals surface area contributed by atoms with Gasteiger partial charge >= 0.3 is 0 Å². The molecule has 0 saturated heterocycles. The summed E-state index contributed by atoms with van der Waals surface area (Å²) in [6.07, 6.45) is 3.65. The molecule has 0 fully saturated rings. The zero-order valence-electron chi connectivity index (χ0n) is 15.7. The number of nitrogens with zero attached hydrogens (tertiary/aromatic N) is 2. The van der Waals surface area contributed by atoms with Crippen molar-refractivity contribution < 1.29 is 19.1 Å². The first-order valence-electron chi connectivity index (χ1n) is 8.64. The van der Waals surface area contributed by atoms with E-state index in [1.54, 1.807) is 49.8 Å². The van der Waals surface area contributed by atoms with Crippen molar-refractivity contribution in [1.82, 2.24) is 9.55 Å². The Labute approximate surface area is 162 Å². The monoisotopic (exact) mass is 379 g/mol. The van der Waals surface area contributed by atoms with Gasteiger partial charge in [-0.2, -0.15) is 0 Å². The van der Waals surface area contributed by atoms with Gasteiger partial charge in [0.2, 0.25) is 5.91 Å². The highest BCUT2D eigenvalue weighted by atomic mass is 16.5. The van der Waals surface area contributed by atoms with Gasteiger partial charge in [-0.25, -0.2) is 4.98 Å². The van der Waals surface area contributed by atoms with E-state index >= 15 is 0 Å². The average Bonchev–Trinajstić information content (AvgIpc) is 3.14. The van der Waals surface area contributed by atoms with Crippen LogP contribution in [0.3, 0.4) is 0 Å². The molecule has 0 spiro atoms. The number of carbonyl (C=O) groups is 2. The number of hydrogen-bond acceptors (Lipinski definition) is 5. The lowest BCUT2D eigenvalue weighted by Gasteiger charge is -2.08. The second-order valence-corrected chi connectivity index (χ2v) is 6.27. The van der Waals surface area contributed by atoms with Crippen LogP contribution in [0.4, 0.5) is 0 Å². The van der Waals surface area contributed by atoms with Crippen molar-refractivity contribution in [2.24, 2.45) is 5.73 Å². The quantitative estimate of drug-likeness (QED) is 0.607. The number of hydrogen-bond donors (Lipinski definition) is 1. The number of Topliss-reactive ketones (excluding diaryl/α,β-unsaturated/α-hetero) is 1. The third kappa shape index (κ3) is 4.37. The van der Waals surface area contributed by atoms with Gasteiger partial charge in [0.15, 0.2) is 17.3 Å². The van der Waals surface area contributed by atoms with Gasteiger partial charge in [-0.1, -0.05) is 12.1 Å². The molecule has 0 atom stereocenters. The van der Waals surface area contributed by atoms with E-state index in [0.29, 0.717) is 34.9 Å². The first-order valence-corrected chi connectivity index (χ1v) is 8.64. The summed E-state index contributed by atoms with van der Waals surface area (Å²) in [7, 11) is 3.08. The van der Waals surface area contributed by atoms with Gasteiger partial charge in [0, 0.05) is 23.9 Å². The first kappa shape index (κ1) is 19.2. The van der Waals surface area contributed by atoms with Crippen molar-refractivity contribution in [2.45, 2.75) is 13.0 Å². The third-order valence-electron chi connectivity index (χ3n) is 4.31. The van der Waals surface area contributed by atoms with Crippen LogP contribution in [0, 0.1) is 0 Å². The molecule has 0 unspecified atom stereocenters. The number of ether oxygens (including phenoxy) is 2. The van der Waals surface area contributed by atoms with Crippen LogP contribution in [-0.4, -0.2) is 35.5 Å². The fraction of sp³-hybridized carbons (Fsp3) is 0.190. The molecule has 0 aliphatic heterocycles. The van der Waals surface area contributed by atoms with Gasteiger partial charge in [0.05, 0.1) is 32.7 Å². The Balaban J connectivity index is 1.70. The van der Waals surface area contributed by atoms with Crippen LogP contribution >= 0.6 is 0 Å². The zero-order chi connectivity index (χ0) is 20.1. The molecule has 3 aromatic rings. The molecule has 144 valence electrons. The molecule has 0 aliphatic carbocycles. The minimum absolute atomic E-state index is 0.0677. The highest BCUT2D eigenvalue weighted by Crippen LogP contribution is 2.28. The zero-order valence-corrected chi connectivity index (χ0v) is 15.7. The van der Waals surface area contributed by atoms with Gasteiger partial charge in [-0.3, -0.25) is 9.59 Å². The Hall–Kier alpha value is -3.61. The van der Waals surface area contributed by atoms with Crippen molar-refractivity contribution >= 4 is 11.7 Å². The van der Waals surface area contributed by atoms with Gasteiger partial charge in [0.25, 0.3) is 0 Å². The van der Waals surface area contributed by atoms with Gasteiger partial charge in [-0.15, -0.1) is 0 Å². The summed E-state index contributed by atoms with van der Waals surface area (Å²) < 4.78 is 12.3. The van der Waals surface area contributed by atoms with Crippen molar-refractivity contribution in [2.75, 3.05) is 14.2 Å². The summed E-state index contributed by atoms with van der Waals surface area (Å²) in [6.45, 7) is 0.526. The maximum absolute atomic E-state index is 12.6. The van der Waals surface area contributed by atoms with E-state index in [-0.39, 0.29) is 12.2 Å². The molecule has 2 N–H and O–H groups in total. The van der Waals surface area contributed by atoms with E-state index in [1.165, 1.54) is 7.11 Å². The molecule has 0 radical (unpaired) electrons. The van der Waals surface area contributed by atoms with Crippen molar-refractivity contribution in [3.63, 3.8) is 0 Å².